The van der Waals surface area contributed by atoms with Crippen LogP contribution in [0.4, 0.5) is 0 Å². The zero-order valence-electron chi connectivity index (χ0n) is 10.8. The minimum Gasteiger partial charge on any atom is -0.347 e. The van der Waals surface area contributed by atoms with E-state index in [9.17, 15) is 9.59 Å². The van der Waals surface area contributed by atoms with Crippen LogP contribution in [0.3, 0.4) is 0 Å². The van der Waals surface area contributed by atoms with Gasteiger partial charge in [0.1, 0.15) is 6.04 Å². The van der Waals surface area contributed by atoms with Gasteiger partial charge in [-0.15, -0.1) is 0 Å². The first-order chi connectivity index (χ1) is 7.25. The number of hydrogen-bond donors (Lipinski definition) is 2. The maximum atomic E-state index is 11.5. The van der Waals surface area contributed by atoms with Crippen LogP contribution in [0, 0.1) is 5.92 Å². The fourth-order valence-electron chi connectivity index (χ4n) is 1.20. The van der Waals surface area contributed by atoms with Gasteiger partial charge in [-0.1, -0.05) is 13.8 Å². The van der Waals surface area contributed by atoms with E-state index < -0.39 is 6.04 Å². The second-order valence-electron chi connectivity index (χ2n) is 4.63. The van der Waals surface area contributed by atoms with Crippen molar-refractivity contribution in [2.45, 2.75) is 39.3 Å². The van der Waals surface area contributed by atoms with Gasteiger partial charge in [0.2, 0.25) is 11.8 Å². The first-order valence-electron chi connectivity index (χ1n) is 5.51. The molecule has 5 heteroatoms. The molecule has 0 aliphatic carbocycles. The zero-order chi connectivity index (χ0) is 12.9. The molecule has 0 aliphatic rings. The maximum Gasteiger partial charge on any atom is 0.244 e. The lowest BCUT2D eigenvalue weighted by atomic mass is 10.0. The van der Waals surface area contributed by atoms with Crippen LogP contribution < -0.4 is 11.1 Å². The van der Waals surface area contributed by atoms with Crippen LogP contribution in [-0.4, -0.2) is 42.9 Å². The van der Waals surface area contributed by atoms with Gasteiger partial charge in [0.15, 0.2) is 0 Å². The molecule has 0 saturated carbocycles. The summed E-state index contributed by atoms with van der Waals surface area (Å²) < 4.78 is 0. The molecule has 5 nitrogen and oxygen atoms in total. The van der Waals surface area contributed by atoms with Crippen molar-refractivity contribution < 1.29 is 9.59 Å². The Morgan fingerprint density at radius 1 is 1.25 bits per heavy atom. The van der Waals surface area contributed by atoms with Crippen LogP contribution in [0.15, 0.2) is 0 Å². The van der Waals surface area contributed by atoms with Crippen molar-refractivity contribution in [1.29, 1.82) is 0 Å². The fraction of sp³-hybridized carbons (Fsp3) is 0.818. The topological polar surface area (TPSA) is 75.4 Å². The molecule has 0 rings (SSSR count). The van der Waals surface area contributed by atoms with E-state index in [0.29, 0.717) is 0 Å². The molecule has 0 aromatic carbocycles. The van der Waals surface area contributed by atoms with Crippen molar-refractivity contribution in [3.63, 3.8) is 0 Å². The Labute approximate surface area is 97.4 Å². The third-order valence-corrected chi connectivity index (χ3v) is 2.47. The van der Waals surface area contributed by atoms with Crippen molar-refractivity contribution in [1.82, 2.24) is 10.2 Å². The predicted molar refractivity (Wildman–Crippen MR) is 63.7 cm³/mol. The van der Waals surface area contributed by atoms with E-state index in [0.717, 1.165) is 0 Å². The van der Waals surface area contributed by atoms with Crippen LogP contribution in [0.5, 0.6) is 0 Å². The van der Waals surface area contributed by atoms with E-state index in [1.165, 1.54) is 4.90 Å². The van der Waals surface area contributed by atoms with Gasteiger partial charge in [0, 0.05) is 26.6 Å². The van der Waals surface area contributed by atoms with E-state index in [1.807, 2.05) is 13.8 Å². The molecule has 0 radical (unpaired) electrons. The smallest absolute Gasteiger partial charge is 0.244 e. The quantitative estimate of drug-likeness (QED) is 0.694. The fourth-order valence-corrected chi connectivity index (χ4v) is 1.20. The van der Waals surface area contributed by atoms with Gasteiger partial charge in [-0.05, 0) is 12.8 Å². The summed E-state index contributed by atoms with van der Waals surface area (Å²) in [6.45, 7) is 5.60. The molecule has 2 amide bonds. The van der Waals surface area contributed by atoms with Crippen molar-refractivity contribution >= 4 is 11.8 Å². The molecule has 0 aromatic rings. The maximum absolute atomic E-state index is 11.5. The number of carbonyl (C=O) groups is 2. The Hall–Kier alpha value is -1.10. The average molecular weight is 229 g/mol. The highest BCUT2D eigenvalue weighted by Gasteiger charge is 2.19. The Kier molecular flexibility index (Phi) is 6.03. The van der Waals surface area contributed by atoms with E-state index in [1.54, 1.807) is 21.0 Å². The molecule has 2 atom stereocenters. The SMILES string of the molecule is CC(NC(=O)CC(N)C(C)C)C(=O)N(C)C. The molecule has 0 heterocycles. The van der Waals surface area contributed by atoms with Gasteiger partial charge in [-0.2, -0.15) is 0 Å². The number of carbonyl (C=O) groups excluding carboxylic acids is 2. The lowest BCUT2D eigenvalue weighted by Crippen LogP contribution is -2.46. The molecule has 0 fully saturated rings. The largest absolute Gasteiger partial charge is 0.347 e. The molecule has 16 heavy (non-hydrogen) atoms. The summed E-state index contributed by atoms with van der Waals surface area (Å²) in [5, 5.41) is 2.64. The zero-order valence-corrected chi connectivity index (χ0v) is 10.8. The minimum atomic E-state index is -0.498. The highest BCUT2D eigenvalue weighted by Crippen LogP contribution is 2.02. The van der Waals surface area contributed by atoms with Crippen molar-refractivity contribution in [2.24, 2.45) is 11.7 Å². The van der Waals surface area contributed by atoms with Crippen LogP contribution >= 0.6 is 0 Å². The summed E-state index contributed by atoms with van der Waals surface area (Å²) in [7, 11) is 3.32. The summed E-state index contributed by atoms with van der Waals surface area (Å²) in [5.41, 5.74) is 5.77. The molecule has 0 bridgehead atoms. The Balaban J connectivity index is 4.10. The summed E-state index contributed by atoms with van der Waals surface area (Å²) in [5.74, 6) is -0.0408. The van der Waals surface area contributed by atoms with Gasteiger partial charge in [-0.3, -0.25) is 9.59 Å². The highest BCUT2D eigenvalue weighted by atomic mass is 16.2. The minimum absolute atomic E-state index is 0.119. The average Bonchev–Trinajstić information content (AvgIpc) is 2.15. The lowest BCUT2D eigenvalue weighted by Gasteiger charge is -2.20. The van der Waals surface area contributed by atoms with Gasteiger partial charge < -0.3 is 16.0 Å². The molecular formula is C11H23N3O2. The number of nitrogens with two attached hydrogens (primary N) is 1. The first-order valence-corrected chi connectivity index (χ1v) is 5.51. The predicted octanol–water partition coefficient (Wildman–Crippen LogP) is -0.0473. The molecule has 0 aromatic heterocycles. The third-order valence-electron chi connectivity index (χ3n) is 2.47. The normalized spacial score (nSPS) is 14.4. The molecule has 0 spiro atoms. The highest BCUT2D eigenvalue weighted by molar-refractivity contribution is 5.87. The molecule has 2 unspecified atom stereocenters. The van der Waals surface area contributed by atoms with Crippen molar-refractivity contribution in [2.75, 3.05) is 14.1 Å². The van der Waals surface area contributed by atoms with E-state index in [2.05, 4.69) is 5.32 Å². The number of rotatable bonds is 5. The second-order valence-corrected chi connectivity index (χ2v) is 4.63. The van der Waals surface area contributed by atoms with Gasteiger partial charge in [-0.25, -0.2) is 0 Å². The standard InChI is InChI=1S/C11H23N3O2/c1-7(2)9(12)6-10(15)13-8(3)11(16)14(4)5/h7-9H,6,12H2,1-5H3,(H,13,15). The van der Waals surface area contributed by atoms with E-state index >= 15 is 0 Å². The number of likely N-dealkylation sites (N-methyl/N-ethyl adjacent to an activating group) is 1. The monoisotopic (exact) mass is 229 g/mol. The van der Waals surface area contributed by atoms with Crippen molar-refractivity contribution in [3.8, 4) is 0 Å². The Morgan fingerprint density at radius 2 is 1.75 bits per heavy atom. The summed E-state index contributed by atoms with van der Waals surface area (Å²) in [6, 6.07) is -0.663. The van der Waals surface area contributed by atoms with Gasteiger partial charge in [0.25, 0.3) is 0 Å². The second kappa shape index (κ2) is 6.48. The van der Waals surface area contributed by atoms with Gasteiger partial charge >= 0.3 is 0 Å². The van der Waals surface area contributed by atoms with E-state index in [4.69, 9.17) is 5.73 Å². The Morgan fingerprint density at radius 3 is 2.12 bits per heavy atom. The summed E-state index contributed by atoms with van der Waals surface area (Å²) in [6.07, 6.45) is 0.253. The number of nitrogens with zero attached hydrogens (tertiary/aromatic N) is 1. The lowest BCUT2D eigenvalue weighted by molar-refractivity contribution is -0.134. The number of nitrogens with one attached hydrogen (secondary N) is 1. The van der Waals surface area contributed by atoms with Crippen LogP contribution in [0.25, 0.3) is 0 Å². The van der Waals surface area contributed by atoms with E-state index in [-0.39, 0.29) is 30.2 Å². The molecular weight excluding hydrogens is 206 g/mol. The summed E-state index contributed by atoms with van der Waals surface area (Å²) in [4.78, 5) is 24.5. The molecule has 3 N–H and O–H groups in total. The van der Waals surface area contributed by atoms with Gasteiger partial charge in [0.05, 0.1) is 0 Å². The number of amides is 2. The third kappa shape index (κ3) is 5.11. The van der Waals surface area contributed by atoms with Crippen molar-refractivity contribution in [3.05, 3.63) is 0 Å². The number of hydrogen-bond acceptors (Lipinski definition) is 3. The Bertz CT molecular complexity index is 252. The van der Waals surface area contributed by atoms with Crippen LogP contribution in [-0.2, 0) is 9.59 Å². The van der Waals surface area contributed by atoms with Crippen LogP contribution in [0.1, 0.15) is 27.2 Å². The molecule has 0 aliphatic heterocycles. The summed E-state index contributed by atoms with van der Waals surface area (Å²) >= 11 is 0. The van der Waals surface area contributed by atoms with Crippen LogP contribution in [0.2, 0.25) is 0 Å². The first kappa shape index (κ1) is 14.9. The molecule has 0 saturated heterocycles. The molecule has 94 valence electrons.